The molecule has 0 amide bonds. The second-order valence-electron chi connectivity index (χ2n) is 4.29. The smallest absolute Gasteiger partial charge is 0.263 e. The van der Waals surface area contributed by atoms with Crippen molar-refractivity contribution in [2.45, 2.75) is 18.4 Å². The highest BCUT2D eigenvalue weighted by Crippen LogP contribution is 2.27. The third kappa shape index (κ3) is 3.47. The molecule has 0 saturated heterocycles. The van der Waals surface area contributed by atoms with Crippen molar-refractivity contribution in [2.75, 3.05) is 4.72 Å². The number of hydrogen-bond acceptors (Lipinski definition) is 4. The first-order chi connectivity index (χ1) is 9.85. The highest BCUT2D eigenvalue weighted by Gasteiger charge is 2.21. The molecule has 1 aromatic heterocycles. The van der Waals surface area contributed by atoms with Crippen molar-refractivity contribution in [2.24, 2.45) is 0 Å². The number of halogens is 2. The normalized spacial score (nSPS) is 11.4. The van der Waals surface area contributed by atoms with Gasteiger partial charge in [-0.1, -0.05) is 23.2 Å². The minimum absolute atomic E-state index is 0.0271. The fourth-order valence-corrected chi connectivity index (χ4v) is 3.67. The lowest BCUT2D eigenvalue weighted by atomic mass is 10.1. The fourth-order valence-electron chi connectivity index (χ4n) is 1.79. The highest BCUT2D eigenvalue weighted by atomic mass is 35.5. The molecule has 0 aliphatic heterocycles. The van der Waals surface area contributed by atoms with Crippen molar-refractivity contribution >= 4 is 39.0 Å². The minimum atomic E-state index is -3.91. The molecule has 0 spiro atoms. The van der Waals surface area contributed by atoms with Crippen LogP contribution in [0.2, 0.25) is 10.0 Å². The first kappa shape index (κ1) is 16.0. The molecule has 0 saturated carbocycles. The van der Waals surface area contributed by atoms with E-state index in [2.05, 4.69) is 9.71 Å². The van der Waals surface area contributed by atoms with Gasteiger partial charge in [-0.05, 0) is 42.3 Å². The van der Waals surface area contributed by atoms with Gasteiger partial charge in [0, 0.05) is 11.2 Å². The van der Waals surface area contributed by atoms with E-state index in [-0.39, 0.29) is 27.4 Å². The topological polar surface area (TPSA) is 79.3 Å². The Bertz CT molecular complexity index is 779. The van der Waals surface area contributed by atoms with E-state index in [1.54, 1.807) is 13.0 Å². The van der Waals surface area contributed by atoms with Gasteiger partial charge in [0.15, 0.2) is 5.82 Å². The zero-order chi connectivity index (χ0) is 15.6. The van der Waals surface area contributed by atoms with Gasteiger partial charge in [-0.15, -0.1) is 0 Å². The molecule has 0 atom stereocenters. The number of nitrogens with one attached hydrogen (secondary N) is 1. The summed E-state index contributed by atoms with van der Waals surface area (Å²) in [5.41, 5.74) is 0.858. The van der Waals surface area contributed by atoms with Gasteiger partial charge in [0.2, 0.25) is 0 Å². The zero-order valence-electron chi connectivity index (χ0n) is 11.0. The Hall–Kier alpha value is -1.34. The third-order valence-electron chi connectivity index (χ3n) is 2.88. The van der Waals surface area contributed by atoms with E-state index in [9.17, 15) is 13.5 Å². The van der Waals surface area contributed by atoms with Crippen LogP contribution in [-0.4, -0.2) is 18.5 Å². The van der Waals surface area contributed by atoms with E-state index in [0.717, 1.165) is 0 Å². The van der Waals surface area contributed by atoms with Gasteiger partial charge in [0.25, 0.3) is 10.0 Å². The van der Waals surface area contributed by atoms with E-state index in [1.165, 1.54) is 24.4 Å². The molecule has 1 heterocycles. The Morgan fingerprint density at radius 3 is 2.67 bits per heavy atom. The van der Waals surface area contributed by atoms with Crippen LogP contribution >= 0.6 is 23.2 Å². The Labute approximate surface area is 132 Å². The van der Waals surface area contributed by atoms with Gasteiger partial charge in [-0.25, -0.2) is 13.4 Å². The van der Waals surface area contributed by atoms with Crippen molar-refractivity contribution < 1.29 is 13.5 Å². The number of sulfonamides is 1. The van der Waals surface area contributed by atoms with Crippen molar-refractivity contribution in [3.8, 4) is 0 Å². The van der Waals surface area contributed by atoms with Crippen LogP contribution in [0.4, 0.5) is 5.82 Å². The highest BCUT2D eigenvalue weighted by molar-refractivity contribution is 7.92. The molecule has 112 valence electrons. The SMILES string of the molecule is Cc1c(CO)cc(Cl)cc1S(=O)(=O)Nc1ncccc1Cl. The summed E-state index contributed by atoms with van der Waals surface area (Å²) in [5, 5.41) is 9.66. The van der Waals surface area contributed by atoms with Crippen LogP contribution in [0.15, 0.2) is 35.4 Å². The molecule has 0 bridgehead atoms. The van der Waals surface area contributed by atoms with Crippen LogP contribution in [0.3, 0.4) is 0 Å². The number of rotatable bonds is 4. The van der Waals surface area contributed by atoms with Gasteiger partial charge >= 0.3 is 0 Å². The average molecular weight is 347 g/mol. The summed E-state index contributed by atoms with van der Waals surface area (Å²) in [6, 6.07) is 5.95. The maximum atomic E-state index is 12.4. The van der Waals surface area contributed by atoms with Crippen LogP contribution < -0.4 is 4.72 Å². The first-order valence-corrected chi connectivity index (χ1v) is 8.12. The molecule has 0 unspecified atom stereocenters. The largest absolute Gasteiger partial charge is 0.392 e. The summed E-state index contributed by atoms with van der Waals surface area (Å²) < 4.78 is 27.2. The number of benzene rings is 1. The lowest BCUT2D eigenvalue weighted by Gasteiger charge is -2.13. The van der Waals surface area contributed by atoms with Crippen LogP contribution in [0, 0.1) is 6.92 Å². The van der Waals surface area contributed by atoms with Crippen LogP contribution in [-0.2, 0) is 16.6 Å². The maximum absolute atomic E-state index is 12.4. The third-order valence-corrected chi connectivity index (χ3v) is 4.87. The summed E-state index contributed by atoms with van der Waals surface area (Å²) in [7, 11) is -3.91. The molecule has 21 heavy (non-hydrogen) atoms. The number of aromatic nitrogens is 1. The Morgan fingerprint density at radius 2 is 2.05 bits per heavy atom. The second kappa shape index (κ2) is 6.19. The molecule has 2 N–H and O–H groups in total. The van der Waals surface area contributed by atoms with Gasteiger partial charge in [0.1, 0.15) is 0 Å². The fraction of sp³-hybridized carbons (Fsp3) is 0.154. The van der Waals surface area contributed by atoms with Crippen molar-refractivity contribution in [3.05, 3.63) is 51.6 Å². The molecule has 0 radical (unpaired) electrons. The summed E-state index contributed by atoms with van der Waals surface area (Å²) >= 11 is 11.8. The molecule has 1 aromatic carbocycles. The van der Waals surface area contributed by atoms with E-state index < -0.39 is 10.0 Å². The monoisotopic (exact) mass is 346 g/mol. The summed E-state index contributed by atoms with van der Waals surface area (Å²) in [6.45, 7) is 1.29. The molecule has 2 aromatic rings. The lowest BCUT2D eigenvalue weighted by Crippen LogP contribution is -2.16. The standard InChI is InChI=1S/C13H12Cl2N2O3S/c1-8-9(7-18)5-10(14)6-12(8)21(19,20)17-13-11(15)3-2-4-16-13/h2-6,18H,7H2,1H3,(H,16,17). The predicted molar refractivity (Wildman–Crippen MR) is 82.2 cm³/mol. The van der Waals surface area contributed by atoms with Gasteiger partial charge in [-0.2, -0.15) is 0 Å². The minimum Gasteiger partial charge on any atom is -0.392 e. The molecule has 5 nitrogen and oxygen atoms in total. The number of anilines is 1. The van der Waals surface area contributed by atoms with Crippen LogP contribution in [0.25, 0.3) is 0 Å². The van der Waals surface area contributed by atoms with E-state index in [1.807, 2.05) is 0 Å². The summed E-state index contributed by atoms with van der Waals surface area (Å²) in [5.74, 6) is 0.0316. The van der Waals surface area contributed by atoms with E-state index in [4.69, 9.17) is 23.2 Å². The van der Waals surface area contributed by atoms with E-state index >= 15 is 0 Å². The molecule has 0 aliphatic rings. The zero-order valence-corrected chi connectivity index (χ0v) is 13.3. The second-order valence-corrected chi connectivity index (χ2v) is 6.78. The predicted octanol–water partition coefficient (Wildman–Crippen LogP) is 2.99. The Morgan fingerprint density at radius 1 is 1.33 bits per heavy atom. The molecule has 2 rings (SSSR count). The maximum Gasteiger partial charge on any atom is 0.263 e. The molecule has 0 aliphatic carbocycles. The molecular weight excluding hydrogens is 335 g/mol. The van der Waals surface area contributed by atoms with Gasteiger partial charge < -0.3 is 5.11 Å². The first-order valence-electron chi connectivity index (χ1n) is 5.88. The molecule has 8 heteroatoms. The van der Waals surface area contributed by atoms with Crippen molar-refractivity contribution in [3.63, 3.8) is 0 Å². The number of pyridine rings is 1. The Balaban J connectivity index is 2.50. The van der Waals surface area contributed by atoms with Crippen LogP contribution in [0.5, 0.6) is 0 Å². The number of aliphatic hydroxyl groups excluding tert-OH is 1. The molecular formula is C13H12Cl2N2O3S. The summed E-state index contributed by atoms with van der Waals surface area (Å²) in [6.07, 6.45) is 1.42. The van der Waals surface area contributed by atoms with Crippen molar-refractivity contribution in [1.29, 1.82) is 0 Å². The average Bonchev–Trinajstić information content (AvgIpc) is 2.43. The number of aliphatic hydroxyl groups is 1. The Kier molecular flexibility index (Phi) is 4.73. The lowest BCUT2D eigenvalue weighted by molar-refractivity contribution is 0.280. The van der Waals surface area contributed by atoms with Crippen molar-refractivity contribution in [1.82, 2.24) is 4.98 Å². The number of hydrogen-bond donors (Lipinski definition) is 2. The number of nitrogens with zero attached hydrogens (tertiary/aromatic N) is 1. The van der Waals surface area contributed by atoms with Gasteiger partial charge in [0.05, 0.1) is 16.5 Å². The van der Waals surface area contributed by atoms with Crippen LogP contribution in [0.1, 0.15) is 11.1 Å². The van der Waals surface area contributed by atoms with Gasteiger partial charge in [-0.3, -0.25) is 4.72 Å². The quantitative estimate of drug-likeness (QED) is 0.891. The molecule has 0 fully saturated rings. The van der Waals surface area contributed by atoms with E-state index in [0.29, 0.717) is 11.1 Å². The summed E-state index contributed by atoms with van der Waals surface area (Å²) in [4.78, 5) is 3.85.